The van der Waals surface area contributed by atoms with Gasteiger partial charge in [0.15, 0.2) is 0 Å². The van der Waals surface area contributed by atoms with Gasteiger partial charge in [0.1, 0.15) is 6.10 Å². The van der Waals surface area contributed by atoms with Crippen molar-refractivity contribution >= 4 is 5.91 Å². The van der Waals surface area contributed by atoms with Crippen molar-refractivity contribution in [1.29, 1.82) is 0 Å². The van der Waals surface area contributed by atoms with Gasteiger partial charge in [0.2, 0.25) is 5.91 Å². The number of rotatable bonds is 4. The molecule has 5 heteroatoms. The minimum atomic E-state index is -0.589. The lowest BCUT2D eigenvalue weighted by Gasteiger charge is -2.39. The zero-order chi connectivity index (χ0) is 16.3. The topological polar surface area (TPSA) is 61.8 Å². The first-order valence-corrected chi connectivity index (χ1v) is 8.52. The van der Waals surface area contributed by atoms with E-state index in [0.717, 1.165) is 31.5 Å². The number of ether oxygens (including phenoxy) is 1. The fourth-order valence-corrected chi connectivity index (χ4v) is 3.84. The number of aliphatic hydroxyl groups excluding tert-OH is 1. The smallest absolute Gasteiger partial charge is 0.233 e. The quantitative estimate of drug-likeness (QED) is 0.866. The summed E-state index contributed by atoms with van der Waals surface area (Å²) in [4.78, 5) is 15.1. The van der Waals surface area contributed by atoms with Gasteiger partial charge in [-0.2, -0.15) is 0 Å². The Bertz CT molecular complexity index is 528. The van der Waals surface area contributed by atoms with Crippen LogP contribution in [0.15, 0.2) is 30.3 Å². The lowest BCUT2D eigenvalue weighted by molar-refractivity contribution is -0.138. The maximum Gasteiger partial charge on any atom is 0.233 e. The largest absolute Gasteiger partial charge is 0.388 e. The van der Waals surface area contributed by atoms with Gasteiger partial charge in [-0.3, -0.25) is 4.79 Å². The fraction of sp³-hybridized carbons (Fsp3) is 0.611. The highest BCUT2D eigenvalue weighted by atomic mass is 16.5. The molecule has 0 spiro atoms. The average Bonchev–Trinajstić information content (AvgIpc) is 2.97. The SMILES string of the molecule is CCO[C@H]1CN(C(=O)C2(c3ccccc3)CCNCC2)C[C@@H]1O. The zero-order valence-corrected chi connectivity index (χ0v) is 13.7. The van der Waals surface area contributed by atoms with Crippen molar-refractivity contribution in [2.45, 2.75) is 37.4 Å². The maximum absolute atomic E-state index is 13.3. The summed E-state index contributed by atoms with van der Waals surface area (Å²) in [6.45, 7) is 4.99. The molecule has 2 aliphatic heterocycles. The summed E-state index contributed by atoms with van der Waals surface area (Å²) >= 11 is 0. The van der Waals surface area contributed by atoms with E-state index in [4.69, 9.17) is 4.74 Å². The van der Waals surface area contributed by atoms with Crippen LogP contribution in [0.5, 0.6) is 0 Å². The highest BCUT2D eigenvalue weighted by molar-refractivity contribution is 5.89. The molecular formula is C18H26N2O3. The first-order valence-electron chi connectivity index (χ1n) is 8.52. The van der Waals surface area contributed by atoms with Crippen LogP contribution >= 0.6 is 0 Å². The molecule has 2 atom stereocenters. The molecule has 2 aliphatic rings. The van der Waals surface area contributed by atoms with E-state index in [1.54, 1.807) is 4.90 Å². The predicted octanol–water partition coefficient (Wildman–Crippen LogP) is 0.916. The number of nitrogens with zero attached hydrogens (tertiary/aromatic N) is 1. The molecule has 2 heterocycles. The first-order chi connectivity index (χ1) is 11.2. The maximum atomic E-state index is 13.3. The van der Waals surface area contributed by atoms with Crippen LogP contribution in [0.25, 0.3) is 0 Å². The van der Waals surface area contributed by atoms with E-state index in [2.05, 4.69) is 17.4 Å². The lowest BCUT2D eigenvalue weighted by Crippen LogP contribution is -2.52. The van der Waals surface area contributed by atoms with E-state index in [1.807, 2.05) is 25.1 Å². The van der Waals surface area contributed by atoms with Crippen LogP contribution in [0.4, 0.5) is 0 Å². The van der Waals surface area contributed by atoms with Crippen molar-refractivity contribution < 1.29 is 14.6 Å². The molecule has 0 unspecified atom stereocenters. The van der Waals surface area contributed by atoms with Crippen molar-refractivity contribution in [1.82, 2.24) is 10.2 Å². The molecule has 1 amide bonds. The number of carbonyl (C=O) groups excluding carboxylic acids is 1. The predicted molar refractivity (Wildman–Crippen MR) is 88.2 cm³/mol. The minimum Gasteiger partial charge on any atom is -0.388 e. The molecule has 5 nitrogen and oxygen atoms in total. The molecule has 0 aromatic heterocycles. The molecule has 0 radical (unpaired) electrons. The highest BCUT2D eigenvalue weighted by Crippen LogP contribution is 2.36. The van der Waals surface area contributed by atoms with E-state index in [1.165, 1.54) is 0 Å². The molecule has 126 valence electrons. The highest BCUT2D eigenvalue weighted by Gasteiger charge is 2.46. The molecule has 2 fully saturated rings. The van der Waals surface area contributed by atoms with Crippen molar-refractivity contribution in [2.75, 3.05) is 32.8 Å². The number of piperidine rings is 1. The number of nitrogens with one attached hydrogen (secondary N) is 1. The van der Waals surface area contributed by atoms with Gasteiger partial charge in [0.05, 0.1) is 11.5 Å². The molecule has 0 aliphatic carbocycles. The number of hydrogen-bond acceptors (Lipinski definition) is 4. The molecule has 23 heavy (non-hydrogen) atoms. The Hall–Kier alpha value is -1.43. The van der Waals surface area contributed by atoms with Crippen LogP contribution in [0.2, 0.25) is 0 Å². The monoisotopic (exact) mass is 318 g/mol. The van der Waals surface area contributed by atoms with Crippen LogP contribution in [0, 0.1) is 0 Å². The van der Waals surface area contributed by atoms with Gasteiger partial charge in [-0.05, 0) is 38.4 Å². The molecule has 0 bridgehead atoms. The van der Waals surface area contributed by atoms with Crippen molar-refractivity contribution in [3.63, 3.8) is 0 Å². The minimum absolute atomic E-state index is 0.131. The third kappa shape index (κ3) is 3.13. The standard InChI is InChI=1S/C18H26N2O3/c1-2-23-16-13-20(12-15(16)21)17(22)18(8-10-19-11-9-18)14-6-4-3-5-7-14/h3-7,15-16,19,21H,2,8-13H2,1H3/t15-,16-/m0/s1. The van der Waals surface area contributed by atoms with Crippen LogP contribution < -0.4 is 5.32 Å². The second kappa shape index (κ2) is 6.99. The Morgan fingerprint density at radius 2 is 2.00 bits per heavy atom. The Labute approximate surface area is 137 Å². The summed E-state index contributed by atoms with van der Waals surface area (Å²) in [6.07, 6.45) is 0.732. The van der Waals surface area contributed by atoms with Crippen LogP contribution in [-0.4, -0.2) is 60.9 Å². The van der Waals surface area contributed by atoms with Crippen LogP contribution in [0.1, 0.15) is 25.3 Å². The van der Waals surface area contributed by atoms with E-state index >= 15 is 0 Å². The number of hydrogen-bond donors (Lipinski definition) is 2. The van der Waals surface area contributed by atoms with Gasteiger partial charge in [0.25, 0.3) is 0 Å². The summed E-state index contributed by atoms with van der Waals surface area (Å²) < 4.78 is 5.57. The van der Waals surface area contributed by atoms with E-state index in [-0.39, 0.29) is 12.0 Å². The Morgan fingerprint density at radius 1 is 1.30 bits per heavy atom. The molecule has 1 aromatic rings. The fourth-order valence-electron chi connectivity index (χ4n) is 3.84. The zero-order valence-electron chi connectivity index (χ0n) is 13.7. The third-order valence-corrected chi connectivity index (χ3v) is 5.10. The van der Waals surface area contributed by atoms with Crippen molar-refractivity contribution in [2.24, 2.45) is 0 Å². The summed E-state index contributed by atoms with van der Waals surface area (Å²) in [5.41, 5.74) is 0.605. The Kier molecular flexibility index (Phi) is 4.99. The molecule has 1 aromatic carbocycles. The van der Waals surface area contributed by atoms with Gasteiger partial charge in [-0.25, -0.2) is 0 Å². The van der Waals surface area contributed by atoms with E-state index < -0.39 is 11.5 Å². The number of amides is 1. The number of benzene rings is 1. The number of β-amino-alcohol motifs (C(OH)–C–C–N with tert-alkyl or cyclic N) is 1. The lowest BCUT2D eigenvalue weighted by atomic mass is 9.72. The van der Waals surface area contributed by atoms with Crippen LogP contribution in [-0.2, 0) is 14.9 Å². The van der Waals surface area contributed by atoms with Crippen LogP contribution in [0.3, 0.4) is 0 Å². The average molecular weight is 318 g/mol. The van der Waals surface area contributed by atoms with Crippen molar-refractivity contribution in [3.05, 3.63) is 35.9 Å². The Balaban J connectivity index is 1.85. The molecule has 3 rings (SSSR count). The molecule has 2 saturated heterocycles. The molecular weight excluding hydrogens is 292 g/mol. The summed E-state index contributed by atoms with van der Waals surface area (Å²) in [7, 11) is 0. The molecule has 2 N–H and O–H groups in total. The Morgan fingerprint density at radius 3 is 2.65 bits per heavy atom. The summed E-state index contributed by atoms with van der Waals surface area (Å²) in [5.74, 6) is 0.131. The van der Waals surface area contributed by atoms with Gasteiger partial charge in [-0.1, -0.05) is 30.3 Å². The number of aliphatic hydroxyl groups is 1. The van der Waals surface area contributed by atoms with E-state index in [0.29, 0.717) is 19.7 Å². The number of carbonyl (C=O) groups is 1. The summed E-state index contributed by atoms with van der Waals surface area (Å²) in [6, 6.07) is 10.1. The van der Waals surface area contributed by atoms with Gasteiger partial charge < -0.3 is 20.1 Å². The van der Waals surface area contributed by atoms with E-state index in [9.17, 15) is 9.90 Å². The third-order valence-electron chi connectivity index (χ3n) is 5.10. The van der Waals surface area contributed by atoms with Gasteiger partial charge in [0, 0.05) is 19.7 Å². The second-order valence-electron chi connectivity index (χ2n) is 6.47. The van der Waals surface area contributed by atoms with Gasteiger partial charge >= 0.3 is 0 Å². The normalized spacial score (nSPS) is 27.1. The first kappa shape index (κ1) is 16.4. The number of likely N-dealkylation sites (tertiary alicyclic amines) is 1. The second-order valence-corrected chi connectivity index (χ2v) is 6.47. The van der Waals surface area contributed by atoms with Gasteiger partial charge in [-0.15, -0.1) is 0 Å². The summed E-state index contributed by atoms with van der Waals surface area (Å²) in [5, 5.41) is 13.5. The van der Waals surface area contributed by atoms with Crippen molar-refractivity contribution in [3.8, 4) is 0 Å². The molecule has 0 saturated carbocycles.